The molecule has 0 aliphatic heterocycles. The molecule has 4 rings (SSSR count). The molecule has 0 bridgehead atoms. The molecule has 10 heteroatoms. The van der Waals surface area contributed by atoms with Crippen molar-refractivity contribution in [2.75, 3.05) is 16.4 Å². The van der Waals surface area contributed by atoms with Crippen LogP contribution in [0.5, 0.6) is 0 Å². The van der Waals surface area contributed by atoms with Crippen LogP contribution in [-0.4, -0.2) is 23.5 Å². The monoisotopic (exact) mass is 609 g/mol. The van der Waals surface area contributed by atoms with E-state index in [-0.39, 0.29) is 22.4 Å². The third kappa shape index (κ3) is 8.37. The topological polar surface area (TPSA) is 87.3 Å². The van der Waals surface area contributed by atoms with Crippen LogP contribution in [0.15, 0.2) is 108 Å². The first-order chi connectivity index (χ1) is 19.3. The smallest absolute Gasteiger partial charge is 0.272 e. The Kier molecular flexibility index (Phi) is 10.3. The van der Waals surface area contributed by atoms with Crippen molar-refractivity contribution in [2.45, 2.75) is 4.90 Å². The molecule has 0 atom stereocenters. The molecule has 0 aromatic heterocycles. The molecular weight excluding hydrogens is 589 g/mol. The van der Waals surface area contributed by atoms with Crippen molar-refractivity contribution < 1.29 is 14.4 Å². The van der Waals surface area contributed by atoms with Gasteiger partial charge in [-0.1, -0.05) is 71.2 Å². The fourth-order valence-corrected chi connectivity index (χ4v) is 4.71. The van der Waals surface area contributed by atoms with Crippen molar-refractivity contribution in [1.29, 1.82) is 0 Å². The minimum atomic E-state index is -0.567. The van der Waals surface area contributed by atoms with Gasteiger partial charge in [0.25, 0.3) is 11.8 Å². The molecule has 6 nitrogen and oxygen atoms in total. The highest BCUT2D eigenvalue weighted by atomic mass is 35.5. The zero-order valence-electron chi connectivity index (χ0n) is 20.8. The van der Waals surface area contributed by atoms with Crippen LogP contribution in [0.3, 0.4) is 0 Å². The quantitative estimate of drug-likeness (QED) is 0.133. The lowest BCUT2D eigenvalue weighted by Gasteiger charge is -2.13. The van der Waals surface area contributed by atoms with Gasteiger partial charge in [0, 0.05) is 26.9 Å². The molecule has 0 saturated carbocycles. The van der Waals surface area contributed by atoms with Gasteiger partial charge in [0.1, 0.15) is 5.70 Å². The number of anilines is 2. The molecule has 0 aliphatic rings. The number of carbonyl (C=O) groups is 3. The van der Waals surface area contributed by atoms with Gasteiger partial charge in [-0.05, 0) is 72.3 Å². The molecule has 0 fully saturated rings. The highest BCUT2D eigenvalue weighted by Gasteiger charge is 2.16. The van der Waals surface area contributed by atoms with E-state index in [2.05, 4.69) is 16.0 Å². The summed E-state index contributed by atoms with van der Waals surface area (Å²) in [6.45, 7) is 0. The van der Waals surface area contributed by atoms with Gasteiger partial charge in [-0.25, -0.2) is 0 Å². The maximum atomic E-state index is 13.3. The normalized spacial score (nSPS) is 11.0. The predicted molar refractivity (Wildman–Crippen MR) is 164 cm³/mol. The fraction of sp³-hybridized carbons (Fsp3) is 0.0333. The van der Waals surface area contributed by atoms with Crippen molar-refractivity contribution in [3.8, 4) is 0 Å². The number of benzene rings is 4. The summed E-state index contributed by atoms with van der Waals surface area (Å²) >= 11 is 19.7. The van der Waals surface area contributed by atoms with Gasteiger partial charge in [0.2, 0.25) is 5.91 Å². The van der Waals surface area contributed by atoms with E-state index in [1.807, 2.05) is 6.07 Å². The van der Waals surface area contributed by atoms with E-state index >= 15 is 0 Å². The van der Waals surface area contributed by atoms with Crippen LogP contribution in [0.1, 0.15) is 15.9 Å². The van der Waals surface area contributed by atoms with Crippen molar-refractivity contribution in [1.82, 2.24) is 5.32 Å². The molecule has 0 aliphatic carbocycles. The average molecular weight is 611 g/mol. The van der Waals surface area contributed by atoms with Gasteiger partial charge in [0.05, 0.1) is 15.8 Å². The first-order valence-corrected chi connectivity index (χ1v) is 14.0. The zero-order valence-corrected chi connectivity index (χ0v) is 23.9. The van der Waals surface area contributed by atoms with Crippen molar-refractivity contribution >= 4 is 81.7 Å². The van der Waals surface area contributed by atoms with Crippen LogP contribution < -0.4 is 16.0 Å². The Morgan fingerprint density at radius 2 is 1.48 bits per heavy atom. The SMILES string of the molecule is O=C(CSc1cccc(NC(=O)/C(=C\c2cccc(Cl)c2Cl)NC(=O)c2ccccc2)c1)Nc1ccc(Cl)cc1. The third-order valence-electron chi connectivity index (χ3n) is 5.40. The second-order valence-corrected chi connectivity index (χ2v) is 10.6. The molecule has 0 unspecified atom stereocenters. The van der Waals surface area contributed by atoms with E-state index in [1.54, 1.807) is 91.0 Å². The van der Waals surface area contributed by atoms with Crippen molar-refractivity contribution in [3.05, 3.63) is 129 Å². The molecule has 0 saturated heterocycles. The molecule has 0 heterocycles. The molecule has 3 N–H and O–H groups in total. The first-order valence-electron chi connectivity index (χ1n) is 11.9. The summed E-state index contributed by atoms with van der Waals surface area (Å²) in [5.74, 6) is -1.06. The van der Waals surface area contributed by atoms with Crippen LogP contribution in [0, 0.1) is 0 Å². The summed E-state index contributed by atoms with van der Waals surface area (Å²) in [6, 6.07) is 27.4. The highest BCUT2D eigenvalue weighted by Crippen LogP contribution is 2.28. The maximum Gasteiger partial charge on any atom is 0.272 e. The summed E-state index contributed by atoms with van der Waals surface area (Å²) in [6.07, 6.45) is 1.46. The minimum absolute atomic E-state index is 0.0292. The summed E-state index contributed by atoms with van der Waals surface area (Å²) in [4.78, 5) is 39.3. The minimum Gasteiger partial charge on any atom is -0.325 e. The molecule has 40 heavy (non-hydrogen) atoms. The van der Waals surface area contributed by atoms with Crippen LogP contribution >= 0.6 is 46.6 Å². The number of halogens is 3. The van der Waals surface area contributed by atoms with Gasteiger partial charge in [-0.3, -0.25) is 14.4 Å². The van der Waals surface area contributed by atoms with E-state index in [4.69, 9.17) is 34.8 Å². The van der Waals surface area contributed by atoms with Gasteiger partial charge in [-0.15, -0.1) is 11.8 Å². The Labute approximate surface area is 250 Å². The second-order valence-electron chi connectivity index (χ2n) is 8.35. The van der Waals surface area contributed by atoms with Crippen LogP contribution in [-0.2, 0) is 9.59 Å². The lowest BCUT2D eigenvalue weighted by atomic mass is 10.1. The maximum absolute atomic E-state index is 13.3. The molecule has 4 aromatic carbocycles. The summed E-state index contributed by atoms with van der Waals surface area (Å²) in [5, 5.41) is 9.43. The van der Waals surface area contributed by atoms with Gasteiger partial charge in [-0.2, -0.15) is 0 Å². The number of hydrogen-bond donors (Lipinski definition) is 3. The Morgan fingerprint density at radius 3 is 2.23 bits per heavy atom. The zero-order chi connectivity index (χ0) is 28.5. The van der Waals surface area contributed by atoms with Crippen molar-refractivity contribution in [2.24, 2.45) is 0 Å². The molecule has 4 aromatic rings. The predicted octanol–water partition coefficient (Wildman–Crippen LogP) is 7.79. The number of amides is 3. The Morgan fingerprint density at radius 1 is 0.750 bits per heavy atom. The van der Waals surface area contributed by atoms with Crippen LogP contribution in [0.25, 0.3) is 6.08 Å². The molecule has 0 radical (unpaired) electrons. The lowest BCUT2D eigenvalue weighted by molar-refractivity contribution is -0.114. The largest absolute Gasteiger partial charge is 0.325 e. The van der Waals surface area contributed by atoms with Gasteiger partial charge >= 0.3 is 0 Å². The Bertz CT molecular complexity index is 1560. The third-order valence-corrected chi connectivity index (χ3v) is 7.48. The fourth-order valence-electron chi connectivity index (χ4n) is 3.47. The average Bonchev–Trinajstić information content (AvgIpc) is 2.96. The van der Waals surface area contributed by atoms with Gasteiger partial charge in [0.15, 0.2) is 0 Å². The van der Waals surface area contributed by atoms with E-state index in [0.29, 0.717) is 32.5 Å². The Hall–Kier alpha value is -3.75. The molecular formula is C30H22Cl3N3O3S. The van der Waals surface area contributed by atoms with Crippen LogP contribution in [0.2, 0.25) is 15.1 Å². The summed E-state index contributed by atoms with van der Waals surface area (Å²) in [7, 11) is 0. The number of rotatable bonds is 9. The number of carbonyl (C=O) groups excluding carboxylic acids is 3. The highest BCUT2D eigenvalue weighted by molar-refractivity contribution is 8.00. The lowest BCUT2D eigenvalue weighted by Crippen LogP contribution is -2.30. The number of hydrogen-bond acceptors (Lipinski definition) is 4. The summed E-state index contributed by atoms with van der Waals surface area (Å²) in [5.41, 5.74) is 1.94. The van der Waals surface area contributed by atoms with E-state index in [0.717, 1.165) is 4.90 Å². The standard InChI is InChI=1S/C30H22Cl3N3O3S/c31-21-12-14-22(15-13-21)34-27(37)18-40-24-10-5-9-23(17-24)35-30(39)26(16-20-8-4-11-25(32)28(20)33)36-29(38)19-6-2-1-3-7-19/h1-17H,18H2,(H,34,37)(H,35,39)(H,36,38)/b26-16+. The molecule has 202 valence electrons. The van der Waals surface area contributed by atoms with Crippen molar-refractivity contribution in [3.63, 3.8) is 0 Å². The van der Waals surface area contributed by atoms with E-state index in [9.17, 15) is 14.4 Å². The second kappa shape index (κ2) is 14.1. The van der Waals surface area contributed by atoms with E-state index in [1.165, 1.54) is 17.8 Å². The molecule has 3 amide bonds. The summed E-state index contributed by atoms with van der Waals surface area (Å²) < 4.78 is 0. The number of thioether (sulfide) groups is 1. The van der Waals surface area contributed by atoms with Crippen LogP contribution in [0.4, 0.5) is 11.4 Å². The molecule has 0 spiro atoms. The first kappa shape index (κ1) is 29.2. The Balaban J connectivity index is 1.47. The van der Waals surface area contributed by atoms with E-state index < -0.39 is 11.8 Å². The van der Waals surface area contributed by atoms with Gasteiger partial charge < -0.3 is 16.0 Å². The number of nitrogens with one attached hydrogen (secondary N) is 3.